The van der Waals surface area contributed by atoms with Gasteiger partial charge >= 0.3 is 0 Å². The smallest absolute Gasteiger partial charge is 0.231 e. The van der Waals surface area contributed by atoms with E-state index in [1.165, 1.54) is 0 Å². The van der Waals surface area contributed by atoms with Crippen LogP contribution in [0.4, 0.5) is 0 Å². The number of β-amino-alcohol motifs (C(OH)–C–C–N with tert-alkyl or cyclic N) is 1. The number of fused-ring (bicyclic) bond motifs is 2. The van der Waals surface area contributed by atoms with E-state index in [1.807, 2.05) is 25.3 Å². The van der Waals surface area contributed by atoms with Crippen molar-refractivity contribution < 1.29 is 24.4 Å². The standard InChI is InChI=1S/C17H19NO5/c1-18-8-17(20)16(3-2-11(19)5-15(16)18)12-6-14-13(21-9-22-14)4-10(12)7-23-17/h2-4,6,11,15,19-20H,5,7-9H2,1H3/t11-,15+,16+,17-/m1/s1. The van der Waals surface area contributed by atoms with Crippen LogP contribution in [-0.4, -0.2) is 53.4 Å². The average Bonchev–Trinajstić information content (AvgIpc) is 3.06. The minimum Gasteiger partial charge on any atom is -0.454 e. The minimum absolute atomic E-state index is 0.0353. The third-order valence-electron chi connectivity index (χ3n) is 5.72. The monoisotopic (exact) mass is 317 g/mol. The van der Waals surface area contributed by atoms with E-state index < -0.39 is 17.3 Å². The maximum atomic E-state index is 11.3. The summed E-state index contributed by atoms with van der Waals surface area (Å²) in [5, 5.41) is 21.3. The molecule has 2 N–H and O–H groups in total. The first-order valence-corrected chi connectivity index (χ1v) is 7.90. The van der Waals surface area contributed by atoms with Gasteiger partial charge in [-0.2, -0.15) is 0 Å². The number of likely N-dealkylation sites (tertiary alicyclic amines) is 1. The Bertz CT molecular complexity index is 719. The molecule has 6 nitrogen and oxygen atoms in total. The Balaban J connectivity index is 1.78. The molecule has 122 valence electrons. The predicted octanol–water partition coefficient (Wildman–Crippen LogP) is 0.507. The van der Waals surface area contributed by atoms with Crippen LogP contribution in [0.5, 0.6) is 11.5 Å². The van der Waals surface area contributed by atoms with Gasteiger partial charge in [0, 0.05) is 6.04 Å². The number of ether oxygens (including phenoxy) is 3. The molecule has 3 heterocycles. The molecule has 4 atom stereocenters. The first-order chi connectivity index (χ1) is 11.0. The molecule has 0 bridgehead atoms. The third-order valence-corrected chi connectivity index (χ3v) is 5.72. The number of rotatable bonds is 0. The Morgan fingerprint density at radius 2 is 2.04 bits per heavy atom. The highest BCUT2D eigenvalue weighted by atomic mass is 16.7. The second-order valence-corrected chi connectivity index (χ2v) is 6.90. The van der Waals surface area contributed by atoms with E-state index >= 15 is 0 Å². The number of benzene rings is 1. The zero-order chi connectivity index (χ0) is 15.8. The summed E-state index contributed by atoms with van der Waals surface area (Å²) in [6.45, 7) is 0.956. The molecule has 5 rings (SSSR count). The van der Waals surface area contributed by atoms with Gasteiger partial charge in [0.1, 0.15) is 0 Å². The fourth-order valence-corrected chi connectivity index (χ4v) is 4.69. The quantitative estimate of drug-likeness (QED) is 0.679. The molecule has 0 amide bonds. The van der Waals surface area contributed by atoms with Gasteiger partial charge in [0.15, 0.2) is 17.3 Å². The summed E-state index contributed by atoms with van der Waals surface area (Å²) in [5.74, 6) is 0.121. The molecule has 0 aromatic heterocycles. The maximum Gasteiger partial charge on any atom is 0.231 e. The molecule has 1 aromatic rings. The molecule has 0 unspecified atom stereocenters. The van der Waals surface area contributed by atoms with Crippen LogP contribution in [0.15, 0.2) is 24.3 Å². The summed E-state index contributed by atoms with van der Waals surface area (Å²) >= 11 is 0. The van der Waals surface area contributed by atoms with Gasteiger partial charge in [0.05, 0.1) is 24.7 Å². The lowest BCUT2D eigenvalue weighted by Crippen LogP contribution is -2.59. The van der Waals surface area contributed by atoms with Gasteiger partial charge in [-0.15, -0.1) is 0 Å². The molecule has 1 aromatic carbocycles. The van der Waals surface area contributed by atoms with Crippen LogP contribution in [0.2, 0.25) is 0 Å². The highest BCUT2D eigenvalue weighted by molar-refractivity contribution is 5.56. The lowest BCUT2D eigenvalue weighted by atomic mass is 9.64. The van der Waals surface area contributed by atoms with Crippen molar-refractivity contribution in [3.63, 3.8) is 0 Å². The lowest BCUT2D eigenvalue weighted by molar-refractivity contribution is -0.236. The fourth-order valence-electron chi connectivity index (χ4n) is 4.69. The van der Waals surface area contributed by atoms with E-state index in [9.17, 15) is 10.2 Å². The van der Waals surface area contributed by atoms with Gasteiger partial charge in [-0.3, -0.25) is 4.90 Å². The van der Waals surface area contributed by atoms with Gasteiger partial charge in [-0.25, -0.2) is 0 Å². The normalized spacial score (nSPS) is 40.7. The van der Waals surface area contributed by atoms with Crippen molar-refractivity contribution in [2.24, 2.45) is 0 Å². The Kier molecular flexibility index (Phi) is 2.56. The Labute approximate surface area is 133 Å². The molecule has 1 fully saturated rings. The van der Waals surface area contributed by atoms with E-state index in [0.717, 1.165) is 16.9 Å². The van der Waals surface area contributed by atoms with Crippen LogP contribution >= 0.6 is 0 Å². The fraction of sp³-hybridized carbons (Fsp3) is 0.529. The first kappa shape index (κ1) is 13.8. The lowest BCUT2D eigenvalue weighted by Gasteiger charge is -2.49. The minimum atomic E-state index is -1.30. The van der Waals surface area contributed by atoms with Crippen LogP contribution < -0.4 is 9.47 Å². The highest BCUT2D eigenvalue weighted by Gasteiger charge is 2.66. The molecule has 1 saturated heterocycles. The molecule has 4 aliphatic rings. The van der Waals surface area contributed by atoms with Crippen LogP contribution in [0, 0.1) is 0 Å². The predicted molar refractivity (Wildman–Crippen MR) is 80.2 cm³/mol. The summed E-state index contributed by atoms with van der Waals surface area (Å²) < 4.78 is 16.9. The summed E-state index contributed by atoms with van der Waals surface area (Å²) in [7, 11) is 1.96. The Morgan fingerprint density at radius 1 is 1.26 bits per heavy atom. The summed E-state index contributed by atoms with van der Waals surface area (Å²) in [6.07, 6.45) is 3.75. The van der Waals surface area contributed by atoms with Crippen LogP contribution in [0.25, 0.3) is 0 Å². The van der Waals surface area contributed by atoms with Crippen LogP contribution in [-0.2, 0) is 16.8 Å². The molecular formula is C17H19NO5. The van der Waals surface area contributed by atoms with Gasteiger partial charge in [0.2, 0.25) is 6.79 Å². The van der Waals surface area contributed by atoms with Crippen molar-refractivity contribution >= 4 is 0 Å². The molecule has 0 saturated carbocycles. The second kappa shape index (κ2) is 4.27. The van der Waals surface area contributed by atoms with Crippen molar-refractivity contribution in [2.75, 3.05) is 20.4 Å². The SMILES string of the molecule is CN1C[C@@]2(O)OCc3cc4c(cc3[C@]23C=C[C@@H](O)C[C@H]13)OCO4. The topological polar surface area (TPSA) is 71.4 Å². The molecule has 1 aliphatic carbocycles. The number of hydrogen-bond acceptors (Lipinski definition) is 6. The maximum absolute atomic E-state index is 11.3. The number of likely N-dealkylation sites (N-methyl/N-ethyl adjacent to an activating group) is 1. The van der Waals surface area contributed by atoms with Crippen molar-refractivity contribution in [1.29, 1.82) is 0 Å². The number of nitrogens with zero attached hydrogens (tertiary/aromatic N) is 1. The zero-order valence-corrected chi connectivity index (χ0v) is 12.9. The van der Waals surface area contributed by atoms with Crippen molar-refractivity contribution in [2.45, 2.75) is 36.4 Å². The first-order valence-electron chi connectivity index (χ1n) is 7.90. The van der Waals surface area contributed by atoms with Gasteiger partial charge in [0.25, 0.3) is 0 Å². The van der Waals surface area contributed by atoms with Crippen molar-refractivity contribution in [3.8, 4) is 11.5 Å². The largest absolute Gasteiger partial charge is 0.454 e. The molecule has 1 spiro atoms. The van der Waals surface area contributed by atoms with Gasteiger partial charge < -0.3 is 24.4 Å². The summed E-state index contributed by atoms with van der Waals surface area (Å²) in [4.78, 5) is 2.08. The summed E-state index contributed by atoms with van der Waals surface area (Å²) in [6, 6.07) is 3.88. The average molecular weight is 317 g/mol. The van der Waals surface area contributed by atoms with Gasteiger partial charge in [-0.1, -0.05) is 12.2 Å². The molecule has 6 heteroatoms. The third kappa shape index (κ3) is 1.57. The van der Waals surface area contributed by atoms with E-state index in [2.05, 4.69) is 4.90 Å². The molecule has 3 aliphatic heterocycles. The Morgan fingerprint density at radius 3 is 2.87 bits per heavy atom. The van der Waals surface area contributed by atoms with E-state index in [0.29, 0.717) is 25.3 Å². The summed E-state index contributed by atoms with van der Waals surface area (Å²) in [5.41, 5.74) is 1.31. The van der Waals surface area contributed by atoms with Crippen LogP contribution in [0.3, 0.4) is 0 Å². The van der Waals surface area contributed by atoms with Gasteiger partial charge in [-0.05, 0) is 36.7 Å². The molecule has 23 heavy (non-hydrogen) atoms. The zero-order valence-electron chi connectivity index (χ0n) is 12.9. The number of aliphatic hydroxyl groups is 2. The van der Waals surface area contributed by atoms with Crippen LogP contribution in [0.1, 0.15) is 17.5 Å². The van der Waals surface area contributed by atoms with E-state index in [1.54, 1.807) is 6.08 Å². The second-order valence-electron chi connectivity index (χ2n) is 6.90. The number of aliphatic hydroxyl groups excluding tert-OH is 1. The van der Waals surface area contributed by atoms with Crippen molar-refractivity contribution in [3.05, 3.63) is 35.4 Å². The van der Waals surface area contributed by atoms with Crippen molar-refractivity contribution in [1.82, 2.24) is 4.90 Å². The van der Waals surface area contributed by atoms with E-state index in [-0.39, 0.29) is 12.8 Å². The highest BCUT2D eigenvalue weighted by Crippen LogP contribution is 2.56. The van der Waals surface area contributed by atoms with E-state index in [4.69, 9.17) is 14.2 Å². The molecule has 0 radical (unpaired) electrons. The molecular weight excluding hydrogens is 298 g/mol. The Hall–Kier alpha value is -1.60. The number of hydrogen-bond donors (Lipinski definition) is 2.